The zero-order valence-electron chi connectivity index (χ0n) is 8.26. The van der Waals surface area contributed by atoms with Crippen LogP contribution < -0.4 is 4.74 Å². The molecule has 0 spiro atoms. The van der Waals surface area contributed by atoms with Crippen molar-refractivity contribution in [3.63, 3.8) is 0 Å². The van der Waals surface area contributed by atoms with Crippen molar-refractivity contribution in [1.82, 2.24) is 4.98 Å². The maximum absolute atomic E-state index is 5.75. The van der Waals surface area contributed by atoms with Crippen molar-refractivity contribution in [2.45, 2.75) is 20.3 Å². The first-order valence-electron chi connectivity index (χ1n) is 4.53. The fourth-order valence-corrected chi connectivity index (χ4v) is 1.65. The molecule has 78 valence electrons. The molecule has 0 saturated heterocycles. The highest BCUT2D eigenvalue weighted by atomic mass is 79.9. The van der Waals surface area contributed by atoms with Gasteiger partial charge < -0.3 is 4.74 Å². The third-order valence-electron chi connectivity index (χ3n) is 1.71. The molecule has 14 heavy (non-hydrogen) atoms. The van der Waals surface area contributed by atoms with Gasteiger partial charge in [-0.05, 0) is 34.3 Å². The predicted octanol–water partition coefficient (Wildman–Crippen LogP) is 3.92. The smallest absolute Gasteiger partial charge is 0.228 e. The first-order chi connectivity index (χ1) is 6.59. The number of rotatable bonds is 4. The van der Waals surface area contributed by atoms with Crippen molar-refractivity contribution in [3.8, 4) is 5.88 Å². The molecule has 0 radical (unpaired) electrons. The predicted molar refractivity (Wildman–Crippen MR) is 61.9 cm³/mol. The number of ether oxygens (including phenoxy) is 1. The van der Waals surface area contributed by atoms with Gasteiger partial charge in [0.15, 0.2) is 0 Å². The van der Waals surface area contributed by atoms with Crippen LogP contribution in [0.2, 0.25) is 5.02 Å². The van der Waals surface area contributed by atoms with Gasteiger partial charge in [0.2, 0.25) is 5.88 Å². The molecular weight excluding hydrogens is 265 g/mol. The summed E-state index contributed by atoms with van der Waals surface area (Å²) in [5.74, 6) is 1.25. The Balaban J connectivity index is 2.51. The van der Waals surface area contributed by atoms with Crippen LogP contribution in [0.3, 0.4) is 0 Å². The monoisotopic (exact) mass is 277 g/mol. The van der Waals surface area contributed by atoms with Gasteiger partial charge in [0.25, 0.3) is 0 Å². The first-order valence-corrected chi connectivity index (χ1v) is 5.70. The van der Waals surface area contributed by atoms with Crippen molar-refractivity contribution in [2.75, 3.05) is 6.61 Å². The molecule has 0 unspecified atom stereocenters. The maximum Gasteiger partial charge on any atom is 0.228 e. The number of hydrogen-bond acceptors (Lipinski definition) is 2. The molecule has 0 amide bonds. The van der Waals surface area contributed by atoms with Gasteiger partial charge in [-0.15, -0.1) is 0 Å². The molecule has 2 nitrogen and oxygen atoms in total. The van der Waals surface area contributed by atoms with Crippen LogP contribution in [0.25, 0.3) is 0 Å². The van der Waals surface area contributed by atoms with Crippen LogP contribution >= 0.6 is 27.5 Å². The number of nitrogens with zero attached hydrogens (tertiary/aromatic N) is 1. The SMILES string of the molecule is CC(C)CCOc1ncc(Cl)cc1Br. The van der Waals surface area contributed by atoms with Gasteiger partial charge in [0.1, 0.15) is 0 Å². The summed E-state index contributed by atoms with van der Waals surface area (Å²) in [7, 11) is 0. The first kappa shape index (κ1) is 11.8. The van der Waals surface area contributed by atoms with E-state index in [1.165, 1.54) is 0 Å². The zero-order chi connectivity index (χ0) is 10.6. The highest BCUT2D eigenvalue weighted by molar-refractivity contribution is 9.10. The Kier molecular flexibility index (Phi) is 4.69. The summed E-state index contributed by atoms with van der Waals surface area (Å²) in [5.41, 5.74) is 0. The molecule has 1 aromatic rings. The van der Waals surface area contributed by atoms with Gasteiger partial charge in [0.05, 0.1) is 16.1 Å². The molecule has 0 saturated carbocycles. The van der Waals surface area contributed by atoms with Crippen LogP contribution in [0.5, 0.6) is 5.88 Å². The van der Waals surface area contributed by atoms with Gasteiger partial charge in [-0.1, -0.05) is 25.4 Å². The van der Waals surface area contributed by atoms with Crippen LogP contribution in [-0.2, 0) is 0 Å². The Morgan fingerprint density at radius 3 is 2.86 bits per heavy atom. The lowest BCUT2D eigenvalue weighted by molar-refractivity contribution is 0.277. The maximum atomic E-state index is 5.75. The molecule has 0 aliphatic heterocycles. The highest BCUT2D eigenvalue weighted by Gasteiger charge is 2.03. The van der Waals surface area contributed by atoms with E-state index < -0.39 is 0 Å². The third kappa shape index (κ3) is 3.84. The van der Waals surface area contributed by atoms with E-state index in [0.717, 1.165) is 10.9 Å². The van der Waals surface area contributed by atoms with Crippen LogP contribution in [0, 0.1) is 5.92 Å². The lowest BCUT2D eigenvalue weighted by atomic mass is 10.1. The van der Waals surface area contributed by atoms with Crippen LogP contribution in [-0.4, -0.2) is 11.6 Å². The quantitative estimate of drug-likeness (QED) is 0.833. The van der Waals surface area contributed by atoms with E-state index in [2.05, 4.69) is 34.8 Å². The van der Waals surface area contributed by atoms with Gasteiger partial charge in [-0.2, -0.15) is 0 Å². The van der Waals surface area contributed by atoms with E-state index in [1.54, 1.807) is 12.3 Å². The van der Waals surface area contributed by atoms with Crippen LogP contribution in [0.1, 0.15) is 20.3 Å². The molecule has 0 aromatic carbocycles. The topological polar surface area (TPSA) is 22.1 Å². The summed E-state index contributed by atoms with van der Waals surface area (Å²) in [4.78, 5) is 4.07. The normalized spacial score (nSPS) is 10.6. The summed E-state index contributed by atoms with van der Waals surface area (Å²) in [6.45, 7) is 5.01. The van der Waals surface area contributed by atoms with E-state index in [1.807, 2.05) is 0 Å². The Bertz CT molecular complexity index is 304. The van der Waals surface area contributed by atoms with Crippen LogP contribution in [0.15, 0.2) is 16.7 Å². The molecule has 0 N–H and O–H groups in total. The molecule has 4 heteroatoms. The molecule has 0 fully saturated rings. The largest absolute Gasteiger partial charge is 0.477 e. The molecule has 0 aliphatic carbocycles. The highest BCUT2D eigenvalue weighted by Crippen LogP contribution is 2.25. The Hall–Kier alpha value is -0.280. The van der Waals surface area contributed by atoms with E-state index >= 15 is 0 Å². The van der Waals surface area contributed by atoms with Gasteiger partial charge >= 0.3 is 0 Å². The average molecular weight is 279 g/mol. The molecule has 1 rings (SSSR count). The van der Waals surface area contributed by atoms with Crippen molar-refractivity contribution in [2.24, 2.45) is 5.92 Å². The lowest BCUT2D eigenvalue weighted by Crippen LogP contribution is -2.02. The number of aromatic nitrogens is 1. The molecule has 1 heterocycles. The summed E-state index contributed by atoms with van der Waals surface area (Å²) >= 11 is 9.10. The molecule has 1 aromatic heterocycles. The van der Waals surface area contributed by atoms with Crippen molar-refractivity contribution >= 4 is 27.5 Å². The number of hydrogen-bond donors (Lipinski definition) is 0. The minimum absolute atomic E-state index is 0.605. The minimum atomic E-state index is 0.605. The minimum Gasteiger partial charge on any atom is -0.477 e. The second kappa shape index (κ2) is 5.56. The molecular formula is C10H13BrClNO. The number of pyridine rings is 1. The second-order valence-corrected chi connectivity index (χ2v) is 4.76. The van der Waals surface area contributed by atoms with E-state index in [9.17, 15) is 0 Å². The van der Waals surface area contributed by atoms with Gasteiger partial charge in [-0.25, -0.2) is 4.98 Å². The standard InChI is InChI=1S/C10H13BrClNO/c1-7(2)3-4-14-10-9(11)5-8(12)6-13-10/h5-7H,3-4H2,1-2H3. The molecule has 0 bridgehead atoms. The zero-order valence-corrected chi connectivity index (χ0v) is 10.6. The van der Waals surface area contributed by atoms with Crippen molar-refractivity contribution < 1.29 is 4.74 Å². The fourth-order valence-electron chi connectivity index (χ4n) is 0.900. The Morgan fingerprint density at radius 2 is 2.29 bits per heavy atom. The van der Waals surface area contributed by atoms with Crippen LogP contribution in [0.4, 0.5) is 0 Å². The van der Waals surface area contributed by atoms with Gasteiger partial charge in [0, 0.05) is 6.20 Å². The van der Waals surface area contributed by atoms with E-state index in [0.29, 0.717) is 23.4 Å². The third-order valence-corrected chi connectivity index (χ3v) is 2.48. The molecule has 0 aliphatic rings. The molecule has 0 atom stereocenters. The Labute approximate surface area is 97.8 Å². The van der Waals surface area contributed by atoms with Gasteiger partial charge in [-0.3, -0.25) is 0 Å². The van der Waals surface area contributed by atoms with E-state index in [-0.39, 0.29) is 0 Å². The lowest BCUT2D eigenvalue weighted by Gasteiger charge is -2.08. The summed E-state index contributed by atoms with van der Waals surface area (Å²) in [6.07, 6.45) is 2.60. The summed E-state index contributed by atoms with van der Waals surface area (Å²) in [6, 6.07) is 1.78. The van der Waals surface area contributed by atoms with Crippen molar-refractivity contribution in [3.05, 3.63) is 21.8 Å². The second-order valence-electron chi connectivity index (χ2n) is 3.47. The Morgan fingerprint density at radius 1 is 1.57 bits per heavy atom. The average Bonchev–Trinajstić information content (AvgIpc) is 2.08. The van der Waals surface area contributed by atoms with E-state index in [4.69, 9.17) is 16.3 Å². The fraction of sp³-hybridized carbons (Fsp3) is 0.500. The summed E-state index contributed by atoms with van der Waals surface area (Å²) in [5, 5.41) is 0.605. The number of halogens is 2. The van der Waals surface area contributed by atoms with Crippen molar-refractivity contribution in [1.29, 1.82) is 0 Å². The summed E-state index contributed by atoms with van der Waals surface area (Å²) < 4.78 is 6.29.